The van der Waals surface area contributed by atoms with Gasteiger partial charge in [0.25, 0.3) is 11.2 Å². The van der Waals surface area contributed by atoms with Crippen molar-refractivity contribution in [2.24, 2.45) is 0 Å². The summed E-state index contributed by atoms with van der Waals surface area (Å²) < 4.78 is 0. The second kappa shape index (κ2) is 9.08. The van der Waals surface area contributed by atoms with Crippen LogP contribution in [0.5, 0.6) is 0 Å². The number of hydrogen-bond donors (Lipinski definition) is 2. The minimum Gasteiger partial charge on any atom is -0.343 e. The summed E-state index contributed by atoms with van der Waals surface area (Å²) in [7, 11) is 0. The van der Waals surface area contributed by atoms with E-state index in [0.29, 0.717) is 57.7 Å². The van der Waals surface area contributed by atoms with Gasteiger partial charge in [-0.1, -0.05) is 53.7 Å². The number of carbonyl (C=O) groups is 1. The maximum absolute atomic E-state index is 13.3. The zero-order chi connectivity index (χ0) is 23.8. The van der Waals surface area contributed by atoms with Crippen molar-refractivity contribution in [1.82, 2.24) is 9.97 Å². The molecule has 2 heterocycles. The molecular weight excluding hydrogens is 476 g/mol. The third-order valence-electron chi connectivity index (χ3n) is 6.00. The lowest BCUT2D eigenvalue weighted by atomic mass is 9.76. The van der Waals surface area contributed by atoms with Crippen LogP contribution in [-0.2, 0) is 10.5 Å². The lowest BCUT2D eigenvalue weighted by Crippen LogP contribution is -2.32. The minimum absolute atomic E-state index is 0.0284. The van der Waals surface area contributed by atoms with Crippen LogP contribution in [0.3, 0.4) is 0 Å². The molecule has 0 saturated carbocycles. The molecule has 0 saturated heterocycles. The van der Waals surface area contributed by atoms with Crippen LogP contribution in [0.25, 0.3) is 0 Å². The van der Waals surface area contributed by atoms with E-state index in [0.717, 1.165) is 11.3 Å². The summed E-state index contributed by atoms with van der Waals surface area (Å²) in [5, 5.41) is 15.4. The largest absolute Gasteiger partial charge is 0.343 e. The number of halogens is 1. The van der Waals surface area contributed by atoms with Crippen molar-refractivity contribution in [1.29, 1.82) is 0 Å². The Balaban J connectivity index is 1.56. The average molecular weight is 495 g/mol. The summed E-state index contributed by atoms with van der Waals surface area (Å²) in [5.74, 6) is 0.264. The van der Waals surface area contributed by atoms with Gasteiger partial charge in [0.05, 0.1) is 10.5 Å². The molecule has 0 bridgehead atoms. The van der Waals surface area contributed by atoms with Crippen molar-refractivity contribution in [3.05, 3.63) is 102 Å². The summed E-state index contributed by atoms with van der Waals surface area (Å²) in [6, 6.07) is 13.5. The average Bonchev–Trinajstić information content (AvgIpc) is 2.82. The van der Waals surface area contributed by atoms with Crippen LogP contribution < -0.4 is 10.9 Å². The fourth-order valence-corrected chi connectivity index (χ4v) is 5.54. The molecule has 0 fully saturated rings. The van der Waals surface area contributed by atoms with Crippen LogP contribution in [0.15, 0.2) is 69.8 Å². The third-order valence-corrected chi connectivity index (χ3v) is 7.29. The number of nitrogens with one attached hydrogen (secondary N) is 2. The van der Waals surface area contributed by atoms with E-state index >= 15 is 0 Å². The summed E-state index contributed by atoms with van der Waals surface area (Å²) in [4.78, 5) is 44.3. The van der Waals surface area contributed by atoms with Crippen LogP contribution >= 0.6 is 23.4 Å². The smallest absolute Gasteiger partial charge is 0.269 e. The molecule has 172 valence electrons. The Morgan fingerprint density at radius 1 is 1.12 bits per heavy atom. The summed E-state index contributed by atoms with van der Waals surface area (Å²) >= 11 is 7.60. The number of Topliss-reactive ketones (excluding diaryl/α,β-unsaturated/α-hetero) is 1. The molecule has 8 nitrogen and oxygen atoms in total. The summed E-state index contributed by atoms with van der Waals surface area (Å²) in [6.45, 7) is 0. The molecule has 1 aliphatic carbocycles. The molecule has 3 aromatic rings. The van der Waals surface area contributed by atoms with Crippen molar-refractivity contribution >= 4 is 40.7 Å². The van der Waals surface area contributed by atoms with Crippen LogP contribution in [0, 0.1) is 10.1 Å². The number of nitro benzene ring substituents is 1. The van der Waals surface area contributed by atoms with E-state index in [1.807, 2.05) is 24.3 Å². The van der Waals surface area contributed by atoms with E-state index < -0.39 is 10.8 Å². The number of non-ortho nitro benzene ring substituents is 1. The van der Waals surface area contributed by atoms with E-state index in [1.165, 1.54) is 23.9 Å². The van der Waals surface area contributed by atoms with Gasteiger partial charge >= 0.3 is 0 Å². The van der Waals surface area contributed by atoms with Crippen LogP contribution in [0.4, 0.5) is 11.5 Å². The molecule has 1 unspecified atom stereocenters. The fourth-order valence-electron chi connectivity index (χ4n) is 4.39. The lowest BCUT2D eigenvalue weighted by Gasteiger charge is -2.32. The van der Waals surface area contributed by atoms with Gasteiger partial charge in [-0.25, -0.2) is 4.98 Å². The second-order valence-electron chi connectivity index (χ2n) is 8.09. The van der Waals surface area contributed by atoms with E-state index in [4.69, 9.17) is 11.6 Å². The third kappa shape index (κ3) is 4.12. The Kier molecular flexibility index (Phi) is 5.97. The Morgan fingerprint density at radius 3 is 2.62 bits per heavy atom. The molecule has 1 atom stereocenters. The first-order valence-corrected chi connectivity index (χ1v) is 12.1. The van der Waals surface area contributed by atoms with Crippen LogP contribution in [0.1, 0.15) is 41.9 Å². The van der Waals surface area contributed by atoms with Gasteiger partial charge in [0.15, 0.2) is 10.9 Å². The first kappa shape index (κ1) is 22.4. The van der Waals surface area contributed by atoms with Crippen molar-refractivity contribution < 1.29 is 9.72 Å². The first-order chi connectivity index (χ1) is 16.4. The molecule has 0 spiro atoms. The second-order valence-corrected chi connectivity index (χ2v) is 9.46. The van der Waals surface area contributed by atoms with Crippen LogP contribution in [0.2, 0.25) is 5.02 Å². The molecule has 2 aromatic carbocycles. The van der Waals surface area contributed by atoms with E-state index in [1.54, 1.807) is 12.1 Å². The number of nitro groups is 1. The Hall–Kier alpha value is -3.43. The fraction of sp³-hybridized carbons (Fsp3) is 0.208. The topological polar surface area (TPSA) is 118 Å². The standard InChI is InChI=1S/C24H19ClN4O4S/c25-16-5-2-1-4-14(16)12-34-24-27-22-21(23(31)28-24)19(13-8-10-15(11-9-13)29(32)33)20-17(26-22)6-3-7-18(20)30/h1-2,4-5,8-11,19H,3,6-7,12H2,(H2,26,27,28,31). The Morgan fingerprint density at radius 2 is 1.88 bits per heavy atom. The number of H-pyrrole nitrogens is 1. The number of nitrogens with zero attached hydrogens (tertiary/aromatic N) is 2. The number of aromatic amines is 1. The van der Waals surface area contributed by atoms with Gasteiger partial charge in [-0.3, -0.25) is 19.7 Å². The highest BCUT2D eigenvalue weighted by atomic mass is 35.5. The van der Waals surface area contributed by atoms with E-state index in [-0.39, 0.29) is 17.0 Å². The predicted octanol–water partition coefficient (Wildman–Crippen LogP) is 5.19. The number of anilines is 1. The van der Waals surface area contributed by atoms with Crippen LogP contribution in [-0.4, -0.2) is 20.7 Å². The summed E-state index contributed by atoms with van der Waals surface area (Å²) in [6.07, 6.45) is 1.78. The molecule has 10 heteroatoms. The monoisotopic (exact) mass is 494 g/mol. The Labute approximate surface area is 203 Å². The quantitative estimate of drug-likeness (QED) is 0.217. The SMILES string of the molecule is O=C1CCCC2=C1C(c1ccc([N+](=O)[O-])cc1)c1c(nc(SCc3ccccc3Cl)[nH]c1=O)N2. The van der Waals surface area contributed by atoms with Crippen molar-refractivity contribution in [3.63, 3.8) is 0 Å². The maximum Gasteiger partial charge on any atom is 0.269 e. The molecule has 34 heavy (non-hydrogen) atoms. The molecule has 1 aromatic heterocycles. The normalized spacial score (nSPS) is 17.1. The minimum atomic E-state index is -0.640. The number of hydrogen-bond acceptors (Lipinski definition) is 7. The Bertz CT molecular complexity index is 1400. The van der Waals surface area contributed by atoms with Gasteiger partial charge in [-0.15, -0.1) is 0 Å². The van der Waals surface area contributed by atoms with Gasteiger partial charge < -0.3 is 10.3 Å². The van der Waals surface area contributed by atoms with Crippen molar-refractivity contribution in [2.45, 2.75) is 36.1 Å². The number of fused-ring (bicyclic) bond motifs is 1. The number of allylic oxidation sites excluding steroid dienone is 2. The lowest BCUT2D eigenvalue weighted by molar-refractivity contribution is -0.384. The molecule has 0 radical (unpaired) electrons. The number of thioether (sulfide) groups is 1. The van der Waals surface area contributed by atoms with Gasteiger partial charge in [-0.05, 0) is 30.0 Å². The molecular formula is C24H19ClN4O4S. The number of rotatable bonds is 5. The highest BCUT2D eigenvalue weighted by Crippen LogP contribution is 2.43. The molecule has 5 rings (SSSR count). The van der Waals surface area contributed by atoms with Gasteiger partial charge in [0.1, 0.15) is 5.82 Å². The van der Waals surface area contributed by atoms with E-state index in [9.17, 15) is 19.7 Å². The highest BCUT2D eigenvalue weighted by Gasteiger charge is 2.38. The molecule has 1 aliphatic heterocycles. The van der Waals surface area contributed by atoms with Gasteiger partial charge in [0.2, 0.25) is 0 Å². The van der Waals surface area contributed by atoms with Crippen molar-refractivity contribution in [2.75, 3.05) is 5.32 Å². The molecule has 2 aliphatic rings. The maximum atomic E-state index is 13.3. The van der Waals surface area contributed by atoms with Crippen molar-refractivity contribution in [3.8, 4) is 0 Å². The zero-order valence-electron chi connectivity index (χ0n) is 17.8. The first-order valence-electron chi connectivity index (χ1n) is 10.7. The van der Waals surface area contributed by atoms with Gasteiger partial charge in [0, 0.05) is 46.5 Å². The number of benzene rings is 2. The predicted molar refractivity (Wildman–Crippen MR) is 130 cm³/mol. The van der Waals surface area contributed by atoms with Gasteiger partial charge in [-0.2, -0.15) is 0 Å². The molecule has 0 amide bonds. The zero-order valence-corrected chi connectivity index (χ0v) is 19.4. The number of ketones is 1. The number of aromatic nitrogens is 2. The number of carbonyl (C=O) groups excluding carboxylic acids is 1. The molecule has 2 N–H and O–H groups in total. The highest BCUT2D eigenvalue weighted by molar-refractivity contribution is 7.98. The van der Waals surface area contributed by atoms with E-state index in [2.05, 4.69) is 15.3 Å². The summed E-state index contributed by atoms with van der Waals surface area (Å²) in [5.41, 5.74) is 2.79.